The summed E-state index contributed by atoms with van der Waals surface area (Å²) in [5.41, 5.74) is 5.93. The zero-order valence-corrected chi connectivity index (χ0v) is 14.1. The molecule has 0 saturated carbocycles. The molecule has 0 unspecified atom stereocenters. The van der Waals surface area contributed by atoms with Crippen LogP contribution in [0.2, 0.25) is 0 Å². The van der Waals surface area contributed by atoms with Crippen LogP contribution in [0, 0.1) is 6.92 Å². The number of hydrogen-bond donors (Lipinski definition) is 0. The van der Waals surface area contributed by atoms with Crippen molar-refractivity contribution in [3.63, 3.8) is 0 Å². The number of aromatic nitrogens is 2. The highest BCUT2D eigenvalue weighted by molar-refractivity contribution is 7.17. The zero-order valence-electron chi connectivity index (χ0n) is 13.3. The molecule has 3 aromatic carbocycles. The minimum absolute atomic E-state index is 0.948. The number of nitrogens with zero attached hydrogens (tertiary/aromatic N) is 2. The van der Waals surface area contributed by atoms with Crippen LogP contribution in [0.3, 0.4) is 0 Å². The second kappa shape index (κ2) is 6.38. The molecule has 0 aliphatic carbocycles. The van der Waals surface area contributed by atoms with Crippen LogP contribution in [0.25, 0.3) is 32.3 Å². The molecule has 0 amide bonds. The third-order valence-electron chi connectivity index (χ3n) is 3.96. The zero-order chi connectivity index (χ0) is 16.4. The van der Waals surface area contributed by atoms with Crippen LogP contribution < -0.4 is 0 Å². The summed E-state index contributed by atoms with van der Waals surface area (Å²) in [5.74, 6) is 0. The van der Waals surface area contributed by atoms with Crippen molar-refractivity contribution >= 4 is 11.3 Å². The molecule has 2 nitrogen and oxygen atoms in total. The Morgan fingerprint density at radius 1 is 0.542 bits per heavy atom. The molecule has 24 heavy (non-hydrogen) atoms. The molecule has 0 atom stereocenters. The first kappa shape index (κ1) is 14.8. The van der Waals surface area contributed by atoms with Crippen molar-refractivity contribution in [1.29, 1.82) is 0 Å². The van der Waals surface area contributed by atoms with E-state index in [1.165, 1.54) is 16.7 Å². The van der Waals surface area contributed by atoms with Gasteiger partial charge in [-0.15, -0.1) is 10.2 Å². The molecule has 0 N–H and O–H groups in total. The van der Waals surface area contributed by atoms with E-state index in [1.54, 1.807) is 11.3 Å². The van der Waals surface area contributed by atoms with E-state index in [-0.39, 0.29) is 0 Å². The van der Waals surface area contributed by atoms with Gasteiger partial charge in [0, 0.05) is 11.1 Å². The van der Waals surface area contributed by atoms with E-state index >= 15 is 0 Å². The van der Waals surface area contributed by atoms with Gasteiger partial charge < -0.3 is 0 Å². The Balaban J connectivity index is 1.61. The van der Waals surface area contributed by atoms with E-state index in [9.17, 15) is 0 Å². The Morgan fingerprint density at radius 3 is 1.58 bits per heavy atom. The van der Waals surface area contributed by atoms with Crippen molar-refractivity contribution in [1.82, 2.24) is 10.2 Å². The third-order valence-corrected chi connectivity index (χ3v) is 4.98. The predicted molar refractivity (Wildman–Crippen MR) is 101 cm³/mol. The van der Waals surface area contributed by atoms with Crippen LogP contribution in [-0.2, 0) is 0 Å². The Hall–Kier alpha value is -2.78. The number of hydrogen-bond acceptors (Lipinski definition) is 3. The average molecular weight is 328 g/mol. The lowest BCUT2D eigenvalue weighted by atomic mass is 10.0. The van der Waals surface area contributed by atoms with Gasteiger partial charge >= 0.3 is 0 Å². The quantitative estimate of drug-likeness (QED) is 0.471. The standard InChI is InChI=1S/C21H16N2S/c1-15-7-9-16(10-8-15)17-11-13-19(14-12-17)21-23-22-20(24-21)18-5-3-2-4-6-18/h2-14H,1H3. The Labute approximate surface area is 145 Å². The molecule has 4 rings (SSSR count). The van der Waals surface area contributed by atoms with Crippen LogP contribution in [0.15, 0.2) is 78.9 Å². The molecule has 1 heterocycles. The fourth-order valence-electron chi connectivity index (χ4n) is 2.59. The fourth-order valence-corrected chi connectivity index (χ4v) is 3.44. The molecule has 0 radical (unpaired) electrons. The van der Waals surface area contributed by atoms with Gasteiger partial charge in [-0.2, -0.15) is 0 Å². The summed E-state index contributed by atoms with van der Waals surface area (Å²) in [6.07, 6.45) is 0. The molecule has 1 aromatic heterocycles. The lowest BCUT2D eigenvalue weighted by molar-refractivity contribution is 1.10. The molecule has 4 aromatic rings. The van der Waals surface area contributed by atoms with E-state index in [1.807, 2.05) is 18.2 Å². The third kappa shape index (κ3) is 2.99. The van der Waals surface area contributed by atoms with Crippen LogP contribution in [0.4, 0.5) is 0 Å². The summed E-state index contributed by atoms with van der Waals surface area (Å²) in [4.78, 5) is 0. The van der Waals surface area contributed by atoms with Gasteiger partial charge in [0.2, 0.25) is 0 Å². The highest BCUT2D eigenvalue weighted by Crippen LogP contribution is 2.31. The van der Waals surface area contributed by atoms with E-state index < -0.39 is 0 Å². The summed E-state index contributed by atoms with van der Waals surface area (Å²) in [7, 11) is 0. The number of benzene rings is 3. The Morgan fingerprint density at radius 2 is 1.00 bits per heavy atom. The lowest BCUT2D eigenvalue weighted by Crippen LogP contribution is -1.80. The van der Waals surface area contributed by atoms with E-state index in [2.05, 4.69) is 77.8 Å². The van der Waals surface area contributed by atoms with Gasteiger partial charge in [-0.1, -0.05) is 95.8 Å². The van der Waals surface area contributed by atoms with Gasteiger partial charge in [0.15, 0.2) is 0 Å². The molecule has 0 saturated heterocycles. The van der Waals surface area contributed by atoms with Crippen LogP contribution in [-0.4, -0.2) is 10.2 Å². The van der Waals surface area contributed by atoms with Gasteiger partial charge in [-0.25, -0.2) is 0 Å². The first-order chi connectivity index (χ1) is 11.8. The summed E-state index contributed by atoms with van der Waals surface area (Å²) in [6.45, 7) is 2.10. The molecule has 0 aliphatic rings. The minimum Gasteiger partial charge on any atom is -0.138 e. The topological polar surface area (TPSA) is 25.8 Å². The van der Waals surface area contributed by atoms with Crippen molar-refractivity contribution in [2.75, 3.05) is 0 Å². The highest BCUT2D eigenvalue weighted by atomic mass is 32.1. The van der Waals surface area contributed by atoms with E-state index in [4.69, 9.17) is 0 Å². The van der Waals surface area contributed by atoms with Gasteiger partial charge in [0.05, 0.1) is 0 Å². The number of rotatable bonds is 3. The van der Waals surface area contributed by atoms with Crippen LogP contribution in [0.5, 0.6) is 0 Å². The maximum absolute atomic E-state index is 4.35. The monoisotopic (exact) mass is 328 g/mol. The van der Waals surface area contributed by atoms with Crippen molar-refractivity contribution < 1.29 is 0 Å². The van der Waals surface area contributed by atoms with E-state index in [0.29, 0.717) is 0 Å². The second-order valence-corrected chi connectivity index (χ2v) is 6.70. The lowest BCUT2D eigenvalue weighted by Gasteiger charge is -2.03. The molecule has 0 bridgehead atoms. The maximum atomic E-state index is 4.35. The first-order valence-electron chi connectivity index (χ1n) is 7.86. The molecule has 0 aliphatic heterocycles. The summed E-state index contributed by atoms with van der Waals surface area (Å²) in [5, 5.41) is 10.6. The van der Waals surface area contributed by atoms with Crippen molar-refractivity contribution in [2.24, 2.45) is 0 Å². The highest BCUT2D eigenvalue weighted by Gasteiger charge is 2.08. The van der Waals surface area contributed by atoms with Gasteiger partial charge in [0.25, 0.3) is 0 Å². The summed E-state index contributed by atoms with van der Waals surface area (Å²) < 4.78 is 0. The molecular formula is C21H16N2S. The summed E-state index contributed by atoms with van der Waals surface area (Å²) >= 11 is 1.62. The largest absolute Gasteiger partial charge is 0.148 e. The Bertz CT molecular complexity index is 939. The smallest absolute Gasteiger partial charge is 0.138 e. The van der Waals surface area contributed by atoms with Gasteiger partial charge in [-0.05, 0) is 18.1 Å². The van der Waals surface area contributed by atoms with Gasteiger partial charge in [0.1, 0.15) is 10.0 Å². The molecule has 116 valence electrons. The first-order valence-corrected chi connectivity index (χ1v) is 8.68. The van der Waals surface area contributed by atoms with Crippen LogP contribution in [0.1, 0.15) is 5.56 Å². The SMILES string of the molecule is Cc1ccc(-c2ccc(-c3nnc(-c4ccccc4)s3)cc2)cc1. The molecule has 0 fully saturated rings. The van der Waals surface area contributed by atoms with Crippen molar-refractivity contribution in [2.45, 2.75) is 6.92 Å². The average Bonchev–Trinajstić information content (AvgIpc) is 3.13. The predicted octanol–water partition coefficient (Wildman–Crippen LogP) is 5.85. The van der Waals surface area contributed by atoms with Crippen molar-refractivity contribution in [3.8, 4) is 32.3 Å². The molecule has 0 spiro atoms. The van der Waals surface area contributed by atoms with Crippen LogP contribution >= 0.6 is 11.3 Å². The van der Waals surface area contributed by atoms with Gasteiger partial charge in [-0.3, -0.25) is 0 Å². The summed E-state index contributed by atoms with van der Waals surface area (Å²) in [6, 6.07) is 27.3. The second-order valence-electron chi connectivity index (χ2n) is 5.72. The maximum Gasteiger partial charge on any atom is 0.148 e. The Kier molecular flexibility index (Phi) is 3.93. The van der Waals surface area contributed by atoms with E-state index in [0.717, 1.165) is 21.1 Å². The van der Waals surface area contributed by atoms with Crippen molar-refractivity contribution in [3.05, 3.63) is 84.4 Å². The number of aryl methyl sites for hydroxylation is 1. The molecule has 3 heteroatoms. The normalized spacial score (nSPS) is 10.7. The minimum atomic E-state index is 0.948. The molecular weight excluding hydrogens is 312 g/mol. The fraction of sp³-hybridized carbons (Fsp3) is 0.0476.